The van der Waals surface area contributed by atoms with E-state index in [4.69, 9.17) is 11.6 Å². The van der Waals surface area contributed by atoms with Crippen LogP contribution in [-0.4, -0.2) is 30.9 Å². The van der Waals surface area contributed by atoms with E-state index in [0.29, 0.717) is 13.0 Å². The smallest absolute Gasteiger partial charge is 0.223 e. The Morgan fingerprint density at radius 3 is 2.59 bits per heavy atom. The third-order valence-electron chi connectivity index (χ3n) is 2.52. The molecule has 0 unspecified atom stereocenters. The van der Waals surface area contributed by atoms with Crippen LogP contribution in [0.1, 0.15) is 18.9 Å². The summed E-state index contributed by atoms with van der Waals surface area (Å²) in [6.45, 7) is 4.29. The monoisotopic (exact) mass is 254 g/mol. The number of hydrogen-bond acceptors (Lipinski definition) is 2. The van der Waals surface area contributed by atoms with E-state index in [0.717, 1.165) is 23.7 Å². The molecule has 0 saturated carbocycles. The van der Waals surface area contributed by atoms with Crippen LogP contribution in [0.4, 0.5) is 0 Å². The zero-order chi connectivity index (χ0) is 12.7. The summed E-state index contributed by atoms with van der Waals surface area (Å²) >= 11 is 5.81. The molecule has 0 aliphatic heterocycles. The molecule has 94 valence electrons. The molecule has 0 aliphatic carbocycles. The van der Waals surface area contributed by atoms with Crippen molar-refractivity contribution in [2.75, 3.05) is 20.1 Å². The van der Waals surface area contributed by atoms with Gasteiger partial charge in [-0.25, -0.2) is 0 Å². The lowest BCUT2D eigenvalue weighted by Gasteiger charge is -2.17. The highest BCUT2D eigenvalue weighted by Crippen LogP contribution is 2.11. The van der Waals surface area contributed by atoms with Crippen LogP contribution in [0.2, 0.25) is 5.02 Å². The summed E-state index contributed by atoms with van der Waals surface area (Å²) in [4.78, 5) is 13.5. The number of amides is 1. The zero-order valence-corrected chi connectivity index (χ0v) is 11.1. The molecule has 4 heteroatoms. The first-order valence-corrected chi connectivity index (χ1v) is 6.20. The minimum absolute atomic E-state index is 0.154. The Labute approximate surface area is 108 Å². The topological polar surface area (TPSA) is 32.3 Å². The zero-order valence-electron chi connectivity index (χ0n) is 10.4. The maximum Gasteiger partial charge on any atom is 0.223 e. The lowest BCUT2D eigenvalue weighted by Crippen LogP contribution is -2.29. The summed E-state index contributed by atoms with van der Waals surface area (Å²) in [6, 6.07) is 7.56. The highest BCUT2D eigenvalue weighted by atomic mass is 35.5. The molecule has 0 fully saturated rings. The highest BCUT2D eigenvalue weighted by molar-refractivity contribution is 6.30. The van der Waals surface area contributed by atoms with Crippen LogP contribution in [0, 0.1) is 0 Å². The van der Waals surface area contributed by atoms with Gasteiger partial charge in [0.25, 0.3) is 0 Å². The first-order valence-electron chi connectivity index (χ1n) is 5.82. The van der Waals surface area contributed by atoms with Gasteiger partial charge in [0, 0.05) is 31.6 Å². The number of carbonyl (C=O) groups is 1. The van der Waals surface area contributed by atoms with E-state index in [-0.39, 0.29) is 5.91 Å². The van der Waals surface area contributed by atoms with Gasteiger partial charge in [0.05, 0.1) is 0 Å². The molecule has 1 rings (SSSR count). The second-order valence-corrected chi connectivity index (χ2v) is 4.42. The van der Waals surface area contributed by atoms with E-state index in [9.17, 15) is 4.79 Å². The Kier molecular flexibility index (Phi) is 6.01. The van der Waals surface area contributed by atoms with Crippen molar-refractivity contribution in [1.82, 2.24) is 10.2 Å². The molecular weight excluding hydrogens is 236 g/mol. The van der Waals surface area contributed by atoms with Crippen molar-refractivity contribution >= 4 is 17.5 Å². The fourth-order valence-electron chi connectivity index (χ4n) is 1.51. The van der Waals surface area contributed by atoms with Gasteiger partial charge in [0.15, 0.2) is 0 Å². The maximum absolute atomic E-state index is 11.7. The van der Waals surface area contributed by atoms with Gasteiger partial charge in [-0.3, -0.25) is 4.79 Å². The van der Waals surface area contributed by atoms with Gasteiger partial charge < -0.3 is 10.2 Å². The fraction of sp³-hybridized carbons (Fsp3) is 0.462. The van der Waals surface area contributed by atoms with E-state index in [1.165, 1.54) is 0 Å². The van der Waals surface area contributed by atoms with Crippen molar-refractivity contribution in [2.24, 2.45) is 0 Å². The summed E-state index contributed by atoms with van der Waals surface area (Å²) in [6.07, 6.45) is 0.540. The average Bonchev–Trinajstić information content (AvgIpc) is 2.32. The number of rotatable bonds is 6. The van der Waals surface area contributed by atoms with Gasteiger partial charge in [-0.1, -0.05) is 30.7 Å². The third-order valence-corrected chi connectivity index (χ3v) is 2.78. The molecule has 0 radical (unpaired) electrons. The first kappa shape index (κ1) is 14.0. The Morgan fingerprint density at radius 1 is 1.35 bits per heavy atom. The Bertz CT molecular complexity index is 351. The molecule has 0 heterocycles. The van der Waals surface area contributed by atoms with Crippen molar-refractivity contribution in [2.45, 2.75) is 19.9 Å². The van der Waals surface area contributed by atoms with E-state index in [1.807, 2.05) is 38.2 Å². The number of halogens is 1. The number of nitrogens with zero attached hydrogens (tertiary/aromatic N) is 1. The predicted octanol–water partition coefficient (Wildman–Crippen LogP) is 2.30. The van der Waals surface area contributed by atoms with Gasteiger partial charge in [-0.05, 0) is 24.2 Å². The normalized spacial score (nSPS) is 10.3. The molecule has 1 aromatic rings. The number of nitrogens with one attached hydrogen (secondary N) is 1. The van der Waals surface area contributed by atoms with Crippen LogP contribution in [-0.2, 0) is 11.3 Å². The minimum Gasteiger partial charge on any atom is -0.341 e. The predicted molar refractivity (Wildman–Crippen MR) is 71.1 cm³/mol. The molecular formula is C13H19ClN2O. The highest BCUT2D eigenvalue weighted by Gasteiger charge is 2.08. The Morgan fingerprint density at radius 2 is 2.00 bits per heavy atom. The summed E-state index contributed by atoms with van der Waals surface area (Å²) in [7, 11) is 1.82. The summed E-state index contributed by atoms with van der Waals surface area (Å²) in [5.41, 5.74) is 1.09. The minimum atomic E-state index is 0.154. The molecule has 0 aliphatic rings. The summed E-state index contributed by atoms with van der Waals surface area (Å²) in [5.74, 6) is 0.154. The van der Waals surface area contributed by atoms with Crippen LogP contribution < -0.4 is 5.32 Å². The first-order chi connectivity index (χ1) is 8.13. The largest absolute Gasteiger partial charge is 0.341 e. The van der Waals surface area contributed by atoms with E-state index >= 15 is 0 Å². The molecule has 17 heavy (non-hydrogen) atoms. The van der Waals surface area contributed by atoms with E-state index < -0.39 is 0 Å². The summed E-state index contributed by atoms with van der Waals surface area (Å²) < 4.78 is 0. The van der Waals surface area contributed by atoms with Crippen molar-refractivity contribution in [3.63, 3.8) is 0 Å². The molecule has 1 aromatic carbocycles. The van der Waals surface area contributed by atoms with Gasteiger partial charge in [-0.15, -0.1) is 0 Å². The molecule has 0 saturated heterocycles. The van der Waals surface area contributed by atoms with Crippen molar-refractivity contribution in [3.05, 3.63) is 34.9 Å². The second kappa shape index (κ2) is 7.30. The molecule has 0 atom stereocenters. The van der Waals surface area contributed by atoms with Gasteiger partial charge in [0.1, 0.15) is 0 Å². The van der Waals surface area contributed by atoms with Crippen LogP contribution in [0.5, 0.6) is 0 Å². The summed E-state index contributed by atoms with van der Waals surface area (Å²) in [5, 5.41) is 3.86. The van der Waals surface area contributed by atoms with Crippen molar-refractivity contribution < 1.29 is 4.79 Å². The SMILES string of the molecule is CCNCCC(=O)N(C)Cc1ccc(Cl)cc1. The standard InChI is InChI=1S/C13H19ClN2O/c1-3-15-9-8-13(17)16(2)10-11-4-6-12(14)7-5-11/h4-7,15H,3,8-10H2,1-2H3. The second-order valence-electron chi connectivity index (χ2n) is 3.98. The third kappa shape index (κ3) is 5.20. The molecule has 0 spiro atoms. The maximum atomic E-state index is 11.7. The average molecular weight is 255 g/mol. The molecule has 1 amide bonds. The van der Waals surface area contributed by atoms with Gasteiger partial charge >= 0.3 is 0 Å². The Balaban J connectivity index is 2.40. The van der Waals surface area contributed by atoms with Crippen LogP contribution in [0.25, 0.3) is 0 Å². The van der Waals surface area contributed by atoms with Crippen LogP contribution in [0.15, 0.2) is 24.3 Å². The van der Waals surface area contributed by atoms with Crippen molar-refractivity contribution in [3.8, 4) is 0 Å². The van der Waals surface area contributed by atoms with Crippen LogP contribution >= 0.6 is 11.6 Å². The Hall–Kier alpha value is -1.06. The van der Waals surface area contributed by atoms with E-state index in [1.54, 1.807) is 4.90 Å². The number of hydrogen-bond donors (Lipinski definition) is 1. The molecule has 1 N–H and O–H groups in total. The van der Waals surface area contributed by atoms with Crippen LogP contribution in [0.3, 0.4) is 0 Å². The number of benzene rings is 1. The lowest BCUT2D eigenvalue weighted by atomic mass is 10.2. The van der Waals surface area contributed by atoms with Gasteiger partial charge in [-0.2, -0.15) is 0 Å². The van der Waals surface area contributed by atoms with Crippen molar-refractivity contribution in [1.29, 1.82) is 0 Å². The van der Waals surface area contributed by atoms with E-state index in [2.05, 4.69) is 5.32 Å². The van der Waals surface area contributed by atoms with Gasteiger partial charge in [0.2, 0.25) is 5.91 Å². The molecule has 0 bridgehead atoms. The molecule has 3 nitrogen and oxygen atoms in total. The fourth-order valence-corrected chi connectivity index (χ4v) is 1.64. The molecule has 0 aromatic heterocycles. The number of carbonyl (C=O) groups excluding carboxylic acids is 1. The lowest BCUT2D eigenvalue weighted by molar-refractivity contribution is -0.130. The quantitative estimate of drug-likeness (QED) is 0.790.